The number of aryl methyl sites for hydroxylation is 1. The Morgan fingerprint density at radius 1 is 1.00 bits per heavy atom. The molecule has 7 heteroatoms. The van der Waals surface area contributed by atoms with Gasteiger partial charge >= 0.3 is 0 Å². The molecule has 0 atom stereocenters. The number of nitrogens with one attached hydrogen (secondary N) is 1. The van der Waals surface area contributed by atoms with Gasteiger partial charge in [0.25, 0.3) is 5.91 Å². The Bertz CT molecular complexity index is 945. The number of hydrogen-bond donors (Lipinski definition) is 1. The molecule has 2 heterocycles. The first-order valence-electron chi connectivity index (χ1n) is 9.13. The molecule has 2 aromatic carbocycles. The number of carbonyl (C=O) groups excluding carboxylic acids is 2. The maximum absolute atomic E-state index is 12.9. The Kier molecular flexibility index (Phi) is 4.58. The number of benzene rings is 2. The molecule has 0 aliphatic carbocycles. The first kappa shape index (κ1) is 18.2. The van der Waals surface area contributed by atoms with E-state index >= 15 is 0 Å². The van der Waals surface area contributed by atoms with Crippen LogP contribution in [0.2, 0.25) is 0 Å². The molecule has 0 aromatic heterocycles. The Morgan fingerprint density at radius 3 is 2.32 bits per heavy atom. The fourth-order valence-electron chi connectivity index (χ4n) is 3.97. The maximum atomic E-state index is 12.9. The third kappa shape index (κ3) is 2.93. The number of ether oxygens (including phenoxy) is 3. The second-order valence-electron chi connectivity index (χ2n) is 6.84. The van der Waals surface area contributed by atoms with Crippen LogP contribution < -0.4 is 24.4 Å². The summed E-state index contributed by atoms with van der Waals surface area (Å²) in [5.74, 6) is 1.25. The highest BCUT2D eigenvalue weighted by Gasteiger charge is 2.33. The van der Waals surface area contributed by atoms with Crippen molar-refractivity contribution in [1.29, 1.82) is 0 Å². The first-order valence-corrected chi connectivity index (χ1v) is 9.13. The van der Waals surface area contributed by atoms with Crippen molar-refractivity contribution in [3.8, 4) is 17.2 Å². The van der Waals surface area contributed by atoms with Crippen molar-refractivity contribution < 1.29 is 23.8 Å². The van der Waals surface area contributed by atoms with Gasteiger partial charge in [-0.05, 0) is 36.1 Å². The van der Waals surface area contributed by atoms with Gasteiger partial charge in [-0.3, -0.25) is 9.59 Å². The Labute approximate surface area is 163 Å². The summed E-state index contributed by atoms with van der Waals surface area (Å²) in [6.07, 6.45) is 2.14. The van der Waals surface area contributed by atoms with Gasteiger partial charge in [-0.25, -0.2) is 0 Å². The van der Waals surface area contributed by atoms with E-state index in [4.69, 9.17) is 14.2 Å². The summed E-state index contributed by atoms with van der Waals surface area (Å²) in [5.41, 5.74) is 4.06. The minimum Gasteiger partial charge on any atom is -0.493 e. The lowest BCUT2D eigenvalue weighted by Crippen LogP contribution is -2.31. The van der Waals surface area contributed by atoms with Gasteiger partial charge in [-0.1, -0.05) is 0 Å². The van der Waals surface area contributed by atoms with Crippen LogP contribution in [0.3, 0.4) is 0 Å². The zero-order valence-corrected chi connectivity index (χ0v) is 16.1. The number of amides is 2. The maximum Gasteiger partial charge on any atom is 0.255 e. The molecule has 0 radical (unpaired) electrons. The van der Waals surface area contributed by atoms with Gasteiger partial charge in [-0.15, -0.1) is 0 Å². The average Bonchev–Trinajstić information content (AvgIpc) is 3.04. The Hall–Kier alpha value is -3.22. The lowest BCUT2D eigenvalue weighted by molar-refractivity contribution is -0.117. The molecular formula is C21H22N2O5. The summed E-state index contributed by atoms with van der Waals surface area (Å²) in [4.78, 5) is 26.9. The van der Waals surface area contributed by atoms with Crippen LogP contribution >= 0.6 is 0 Å². The van der Waals surface area contributed by atoms with E-state index in [0.717, 1.165) is 36.2 Å². The van der Waals surface area contributed by atoms with Crippen molar-refractivity contribution in [3.05, 3.63) is 41.0 Å². The third-order valence-electron chi connectivity index (χ3n) is 5.19. The van der Waals surface area contributed by atoms with Crippen LogP contribution in [-0.4, -0.2) is 39.7 Å². The number of nitrogens with zero attached hydrogens (tertiary/aromatic N) is 1. The van der Waals surface area contributed by atoms with E-state index in [2.05, 4.69) is 5.32 Å². The van der Waals surface area contributed by atoms with E-state index in [1.54, 1.807) is 12.1 Å². The SMILES string of the molecule is COc1cc(NC(=O)c2cc3c4c(c2)CC(=O)N4CCC3)cc(OC)c1OC. The topological polar surface area (TPSA) is 77.1 Å². The van der Waals surface area contributed by atoms with E-state index in [1.165, 1.54) is 21.3 Å². The molecule has 2 amide bonds. The molecule has 28 heavy (non-hydrogen) atoms. The van der Waals surface area contributed by atoms with Gasteiger partial charge in [0, 0.05) is 29.9 Å². The lowest BCUT2D eigenvalue weighted by Gasteiger charge is -2.25. The first-order chi connectivity index (χ1) is 13.5. The van der Waals surface area contributed by atoms with Crippen LogP contribution in [0.5, 0.6) is 17.2 Å². The highest BCUT2D eigenvalue weighted by atomic mass is 16.5. The zero-order valence-electron chi connectivity index (χ0n) is 16.1. The largest absolute Gasteiger partial charge is 0.493 e. The van der Waals surface area contributed by atoms with Crippen LogP contribution in [0.4, 0.5) is 11.4 Å². The predicted molar refractivity (Wildman–Crippen MR) is 105 cm³/mol. The van der Waals surface area contributed by atoms with Crippen molar-refractivity contribution in [2.24, 2.45) is 0 Å². The summed E-state index contributed by atoms with van der Waals surface area (Å²) >= 11 is 0. The van der Waals surface area contributed by atoms with E-state index in [-0.39, 0.29) is 11.8 Å². The van der Waals surface area contributed by atoms with Gasteiger partial charge in [0.15, 0.2) is 11.5 Å². The summed E-state index contributed by atoms with van der Waals surface area (Å²) < 4.78 is 16.0. The summed E-state index contributed by atoms with van der Waals surface area (Å²) in [6, 6.07) is 7.07. The second-order valence-corrected chi connectivity index (χ2v) is 6.84. The molecule has 2 aromatic rings. The minimum absolute atomic E-state index is 0.109. The number of carbonyl (C=O) groups is 2. The molecule has 0 spiro atoms. The number of rotatable bonds is 5. The zero-order chi connectivity index (χ0) is 19.8. The third-order valence-corrected chi connectivity index (χ3v) is 5.19. The van der Waals surface area contributed by atoms with Gasteiger partial charge < -0.3 is 24.4 Å². The fourth-order valence-corrected chi connectivity index (χ4v) is 3.97. The standard InChI is InChI=1S/C21H22N2O5/c1-26-16-10-15(11-17(27-2)20(16)28-3)22-21(25)14-7-12-5-4-6-23-18(24)9-13(8-14)19(12)23/h7-8,10-11H,4-6,9H2,1-3H3,(H,22,25). The van der Waals surface area contributed by atoms with Gasteiger partial charge in [0.05, 0.1) is 33.4 Å². The molecule has 2 aliphatic rings. The van der Waals surface area contributed by atoms with Crippen molar-refractivity contribution in [3.63, 3.8) is 0 Å². The van der Waals surface area contributed by atoms with Crippen LogP contribution in [0.25, 0.3) is 0 Å². The fraction of sp³-hybridized carbons (Fsp3) is 0.333. The smallest absolute Gasteiger partial charge is 0.255 e. The van der Waals surface area contributed by atoms with Gasteiger partial charge in [-0.2, -0.15) is 0 Å². The number of anilines is 2. The predicted octanol–water partition coefficient (Wildman–Crippen LogP) is 2.80. The molecule has 7 nitrogen and oxygen atoms in total. The minimum atomic E-state index is -0.246. The molecular weight excluding hydrogens is 360 g/mol. The van der Waals surface area contributed by atoms with E-state index in [9.17, 15) is 9.59 Å². The molecule has 146 valence electrons. The lowest BCUT2D eigenvalue weighted by atomic mass is 9.96. The summed E-state index contributed by atoms with van der Waals surface area (Å²) in [5, 5.41) is 2.89. The molecule has 0 fully saturated rings. The monoisotopic (exact) mass is 382 g/mol. The van der Waals surface area contributed by atoms with Crippen molar-refractivity contribution >= 4 is 23.2 Å². The van der Waals surface area contributed by atoms with Crippen LogP contribution in [0, 0.1) is 0 Å². The van der Waals surface area contributed by atoms with E-state index in [1.807, 2.05) is 17.0 Å². The molecule has 0 saturated carbocycles. The van der Waals surface area contributed by atoms with E-state index < -0.39 is 0 Å². The summed E-state index contributed by atoms with van der Waals surface area (Å²) in [6.45, 7) is 0.760. The van der Waals surface area contributed by atoms with Gasteiger partial charge in [0.1, 0.15) is 0 Å². The molecule has 0 unspecified atom stereocenters. The number of hydrogen-bond acceptors (Lipinski definition) is 5. The van der Waals surface area contributed by atoms with E-state index in [0.29, 0.717) is 34.9 Å². The van der Waals surface area contributed by atoms with Gasteiger partial charge in [0.2, 0.25) is 11.7 Å². The van der Waals surface area contributed by atoms with Crippen LogP contribution in [0.1, 0.15) is 27.9 Å². The highest BCUT2D eigenvalue weighted by Crippen LogP contribution is 2.41. The van der Waals surface area contributed by atoms with Crippen LogP contribution in [-0.2, 0) is 17.6 Å². The number of methoxy groups -OCH3 is 3. The highest BCUT2D eigenvalue weighted by molar-refractivity contribution is 6.08. The average molecular weight is 382 g/mol. The Morgan fingerprint density at radius 2 is 1.68 bits per heavy atom. The molecule has 0 bridgehead atoms. The van der Waals surface area contributed by atoms with Crippen molar-refractivity contribution in [1.82, 2.24) is 0 Å². The quantitative estimate of drug-likeness (QED) is 0.861. The summed E-state index contributed by atoms with van der Waals surface area (Å²) in [7, 11) is 4.58. The van der Waals surface area contributed by atoms with Crippen molar-refractivity contribution in [2.45, 2.75) is 19.3 Å². The molecule has 1 N–H and O–H groups in total. The molecule has 4 rings (SSSR count). The van der Waals surface area contributed by atoms with Crippen molar-refractivity contribution in [2.75, 3.05) is 38.1 Å². The second kappa shape index (κ2) is 7.07. The Balaban J connectivity index is 1.65. The van der Waals surface area contributed by atoms with Crippen LogP contribution in [0.15, 0.2) is 24.3 Å². The normalized spacial score (nSPS) is 14.5. The molecule has 2 aliphatic heterocycles. The molecule has 0 saturated heterocycles.